The summed E-state index contributed by atoms with van der Waals surface area (Å²) >= 11 is 2.68. The Bertz CT molecular complexity index is 1030. The first-order chi connectivity index (χ1) is 15.0. The number of thioether (sulfide) groups is 1. The van der Waals surface area contributed by atoms with Crippen LogP contribution in [0.1, 0.15) is 5.69 Å². The Kier molecular flexibility index (Phi) is 8.25. The second-order valence-electron chi connectivity index (χ2n) is 6.18. The monoisotopic (exact) mass is 461 g/mol. The van der Waals surface area contributed by atoms with Crippen molar-refractivity contribution in [1.29, 1.82) is 0 Å². The minimum atomic E-state index is -0.356. The Hall–Kier alpha value is -3.11. The van der Waals surface area contributed by atoms with E-state index in [-0.39, 0.29) is 30.0 Å². The summed E-state index contributed by atoms with van der Waals surface area (Å²) < 4.78 is 23.6. The van der Waals surface area contributed by atoms with Gasteiger partial charge in [0.15, 0.2) is 23.2 Å². The van der Waals surface area contributed by atoms with Gasteiger partial charge in [-0.2, -0.15) is 0 Å². The summed E-state index contributed by atoms with van der Waals surface area (Å²) in [6, 6.07) is 12.7. The molecule has 31 heavy (non-hydrogen) atoms. The number of para-hydroxylation sites is 2. The maximum atomic E-state index is 12.9. The van der Waals surface area contributed by atoms with Crippen molar-refractivity contribution in [3.63, 3.8) is 0 Å². The number of benzene rings is 2. The average molecular weight is 462 g/mol. The number of carbonyl (C=O) groups is 2. The van der Waals surface area contributed by atoms with Crippen molar-refractivity contribution in [1.82, 2.24) is 4.98 Å². The summed E-state index contributed by atoms with van der Waals surface area (Å²) in [6.45, 7) is -0.173. The number of carbonyl (C=O) groups excluding carboxylic acids is 2. The molecule has 2 aromatic carbocycles. The maximum absolute atomic E-state index is 12.9. The highest BCUT2D eigenvalue weighted by Gasteiger charge is 2.10. The van der Waals surface area contributed by atoms with E-state index in [1.165, 1.54) is 54.5 Å². The van der Waals surface area contributed by atoms with Crippen LogP contribution in [0.2, 0.25) is 0 Å². The van der Waals surface area contributed by atoms with Gasteiger partial charge in [0.05, 0.1) is 18.6 Å². The number of nitrogens with one attached hydrogen (secondary N) is 2. The summed E-state index contributed by atoms with van der Waals surface area (Å²) in [6.07, 6.45) is 0. The largest absolute Gasteiger partial charge is 0.493 e. The van der Waals surface area contributed by atoms with Crippen LogP contribution in [-0.4, -0.2) is 36.3 Å². The molecular weight excluding hydrogens is 441 g/mol. The molecule has 0 aliphatic carbocycles. The number of halogens is 1. The average Bonchev–Trinajstić information content (AvgIpc) is 3.21. The van der Waals surface area contributed by atoms with Crippen LogP contribution in [0.15, 0.2) is 53.9 Å². The highest BCUT2D eigenvalue weighted by atomic mass is 32.2. The third-order valence-corrected chi connectivity index (χ3v) is 5.61. The smallest absolute Gasteiger partial charge is 0.264 e. The topological polar surface area (TPSA) is 89.6 Å². The third kappa shape index (κ3) is 7.26. The number of anilines is 2. The van der Waals surface area contributed by atoms with Gasteiger partial charge in [-0.3, -0.25) is 14.9 Å². The number of rotatable bonds is 10. The molecule has 0 aliphatic rings. The molecule has 1 aromatic heterocycles. The molecule has 0 bridgehead atoms. The van der Waals surface area contributed by atoms with Crippen LogP contribution in [0.4, 0.5) is 15.2 Å². The number of methoxy groups -OCH3 is 1. The van der Waals surface area contributed by atoms with Crippen molar-refractivity contribution in [2.75, 3.05) is 30.1 Å². The Morgan fingerprint density at radius 3 is 2.55 bits per heavy atom. The molecule has 3 aromatic rings. The fourth-order valence-corrected chi connectivity index (χ4v) is 3.99. The molecule has 2 N–H and O–H groups in total. The molecule has 1 heterocycles. The quantitative estimate of drug-likeness (QED) is 0.471. The second-order valence-corrected chi connectivity index (χ2v) is 8.02. The Balaban J connectivity index is 1.39. The van der Waals surface area contributed by atoms with Gasteiger partial charge in [-0.1, -0.05) is 12.1 Å². The van der Waals surface area contributed by atoms with E-state index >= 15 is 0 Å². The number of thiazole rings is 1. The maximum Gasteiger partial charge on any atom is 0.264 e. The fraction of sp³-hybridized carbons (Fsp3) is 0.190. The number of aromatic nitrogens is 1. The van der Waals surface area contributed by atoms with Gasteiger partial charge in [0.2, 0.25) is 5.91 Å². The predicted octanol–water partition coefficient (Wildman–Crippen LogP) is 4.18. The van der Waals surface area contributed by atoms with Crippen molar-refractivity contribution in [2.24, 2.45) is 0 Å². The molecule has 0 aliphatic heterocycles. The molecule has 7 nitrogen and oxygen atoms in total. The van der Waals surface area contributed by atoms with E-state index in [9.17, 15) is 14.0 Å². The molecular formula is C21H20FN3O4S2. The zero-order valence-corrected chi connectivity index (χ0v) is 18.2. The first kappa shape index (κ1) is 22.6. The molecule has 0 radical (unpaired) electrons. The van der Waals surface area contributed by atoms with Crippen molar-refractivity contribution in [2.45, 2.75) is 5.75 Å². The number of amides is 2. The molecule has 3 rings (SSSR count). The van der Waals surface area contributed by atoms with E-state index in [4.69, 9.17) is 9.47 Å². The van der Waals surface area contributed by atoms with E-state index in [0.29, 0.717) is 28.1 Å². The van der Waals surface area contributed by atoms with E-state index in [1.54, 1.807) is 18.2 Å². The summed E-state index contributed by atoms with van der Waals surface area (Å²) in [7, 11) is 1.53. The molecule has 162 valence electrons. The van der Waals surface area contributed by atoms with Gasteiger partial charge >= 0.3 is 0 Å². The highest BCUT2D eigenvalue weighted by Crippen LogP contribution is 2.26. The van der Waals surface area contributed by atoms with Gasteiger partial charge < -0.3 is 14.8 Å². The first-order valence-corrected chi connectivity index (χ1v) is 11.2. The van der Waals surface area contributed by atoms with E-state index in [0.717, 1.165) is 5.69 Å². The normalized spacial score (nSPS) is 10.4. The molecule has 0 fully saturated rings. The highest BCUT2D eigenvalue weighted by molar-refractivity contribution is 7.99. The zero-order chi connectivity index (χ0) is 22.1. The van der Waals surface area contributed by atoms with Crippen molar-refractivity contribution >= 4 is 45.7 Å². The predicted molar refractivity (Wildman–Crippen MR) is 120 cm³/mol. The van der Waals surface area contributed by atoms with Gasteiger partial charge in [-0.25, -0.2) is 9.37 Å². The van der Waals surface area contributed by atoms with Crippen LogP contribution in [-0.2, 0) is 15.3 Å². The molecule has 0 saturated heterocycles. The van der Waals surface area contributed by atoms with Crippen LogP contribution >= 0.6 is 23.1 Å². The molecule has 10 heteroatoms. The zero-order valence-electron chi connectivity index (χ0n) is 16.6. The van der Waals surface area contributed by atoms with Crippen LogP contribution in [0.3, 0.4) is 0 Å². The summed E-state index contributed by atoms with van der Waals surface area (Å²) in [5, 5.41) is 7.67. The van der Waals surface area contributed by atoms with Crippen molar-refractivity contribution in [3.05, 3.63) is 65.4 Å². The molecule has 2 amide bonds. The molecule has 0 spiro atoms. The summed E-state index contributed by atoms with van der Waals surface area (Å²) in [4.78, 5) is 28.4. The van der Waals surface area contributed by atoms with E-state index < -0.39 is 0 Å². The lowest BCUT2D eigenvalue weighted by Crippen LogP contribution is -2.20. The number of nitrogens with zero attached hydrogens (tertiary/aromatic N) is 1. The minimum Gasteiger partial charge on any atom is -0.493 e. The lowest BCUT2D eigenvalue weighted by molar-refractivity contribution is -0.118. The second kappa shape index (κ2) is 11.3. The van der Waals surface area contributed by atoms with Gasteiger partial charge in [-0.05, 0) is 36.4 Å². The van der Waals surface area contributed by atoms with E-state index in [2.05, 4.69) is 15.6 Å². The molecule has 0 atom stereocenters. The summed E-state index contributed by atoms with van der Waals surface area (Å²) in [5.74, 6) is 0.893. The van der Waals surface area contributed by atoms with E-state index in [1.807, 2.05) is 11.4 Å². The number of hydrogen-bond donors (Lipinski definition) is 2. The van der Waals surface area contributed by atoms with Gasteiger partial charge in [-0.15, -0.1) is 23.1 Å². The third-order valence-electron chi connectivity index (χ3n) is 3.84. The lowest BCUT2D eigenvalue weighted by atomic mass is 10.3. The summed E-state index contributed by atoms with van der Waals surface area (Å²) in [5.41, 5.74) is 1.30. The number of hydrogen-bond acceptors (Lipinski definition) is 7. The van der Waals surface area contributed by atoms with Gasteiger partial charge in [0.1, 0.15) is 5.82 Å². The number of ether oxygens (including phenoxy) is 2. The fourth-order valence-electron chi connectivity index (χ4n) is 2.45. The van der Waals surface area contributed by atoms with Crippen molar-refractivity contribution in [3.8, 4) is 11.5 Å². The Morgan fingerprint density at radius 1 is 1.06 bits per heavy atom. The van der Waals surface area contributed by atoms with Crippen LogP contribution in [0.5, 0.6) is 11.5 Å². The Labute approximate surface area is 187 Å². The Morgan fingerprint density at radius 2 is 1.81 bits per heavy atom. The minimum absolute atomic E-state index is 0.173. The van der Waals surface area contributed by atoms with Crippen molar-refractivity contribution < 1.29 is 23.5 Å². The van der Waals surface area contributed by atoms with Gasteiger partial charge in [0.25, 0.3) is 5.91 Å². The standard InChI is InChI=1S/C21H20FN3O4S2/c1-28-17-4-2-3-5-18(17)29-10-19(26)25-21-24-16(12-31-21)11-30-13-20(27)23-15-8-6-14(22)7-9-15/h2-9,12H,10-11,13H2,1H3,(H,23,27)(H,24,25,26). The van der Waals surface area contributed by atoms with Gasteiger partial charge in [0, 0.05) is 16.8 Å². The lowest BCUT2D eigenvalue weighted by Gasteiger charge is -2.09. The van der Waals surface area contributed by atoms with Crippen LogP contribution in [0.25, 0.3) is 0 Å². The molecule has 0 unspecified atom stereocenters. The SMILES string of the molecule is COc1ccccc1OCC(=O)Nc1nc(CSCC(=O)Nc2ccc(F)cc2)cs1. The first-order valence-electron chi connectivity index (χ1n) is 9.16. The van der Waals surface area contributed by atoms with Crippen LogP contribution in [0, 0.1) is 5.82 Å². The molecule has 0 saturated carbocycles. The van der Waals surface area contributed by atoms with Crippen LogP contribution < -0.4 is 20.1 Å².